The van der Waals surface area contributed by atoms with Crippen molar-refractivity contribution in [1.82, 2.24) is 0 Å². The minimum Gasteiger partial charge on any atom is -0.327 e. The van der Waals surface area contributed by atoms with Crippen LogP contribution >= 0.6 is 23.4 Å². The average molecular weight is 322 g/mol. The predicted octanol–water partition coefficient (Wildman–Crippen LogP) is 2.97. The zero-order valence-electron chi connectivity index (χ0n) is 11.0. The van der Waals surface area contributed by atoms with Crippen LogP contribution in [-0.4, -0.2) is 31.7 Å². The summed E-state index contributed by atoms with van der Waals surface area (Å²) in [6.07, 6.45) is 1.36. The molecule has 0 aromatic heterocycles. The third-order valence-corrected chi connectivity index (χ3v) is 5.94. The second kappa shape index (κ2) is 8.15. The average Bonchev–Trinajstić information content (AvgIpc) is 2.36. The molecule has 0 radical (unpaired) electrons. The SMILES string of the molecule is CCS(=O)(=O)CCCC(N)CSc1cccc(Cl)c1. The molecule has 6 heteroatoms. The van der Waals surface area contributed by atoms with Gasteiger partial charge >= 0.3 is 0 Å². The molecule has 1 aromatic rings. The molecule has 19 heavy (non-hydrogen) atoms. The molecule has 1 rings (SSSR count). The molecular weight excluding hydrogens is 302 g/mol. The molecule has 3 nitrogen and oxygen atoms in total. The molecule has 0 spiro atoms. The van der Waals surface area contributed by atoms with Gasteiger partial charge in [0.05, 0.1) is 5.75 Å². The summed E-state index contributed by atoms with van der Waals surface area (Å²) in [4.78, 5) is 1.09. The first kappa shape index (κ1) is 16.8. The summed E-state index contributed by atoms with van der Waals surface area (Å²) in [5.41, 5.74) is 5.98. The Labute approximate surface area is 124 Å². The fourth-order valence-corrected chi connectivity index (χ4v) is 3.66. The van der Waals surface area contributed by atoms with Gasteiger partial charge in [-0.25, -0.2) is 8.42 Å². The van der Waals surface area contributed by atoms with E-state index in [1.165, 1.54) is 0 Å². The van der Waals surface area contributed by atoms with Gasteiger partial charge in [-0.15, -0.1) is 11.8 Å². The van der Waals surface area contributed by atoms with Crippen LogP contribution in [0.3, 0.4) is 0 Å². The van der Waals surface area contributed by atoms with Gasteiger partial charge in [-0.2, -0.15) is 0 Å². The van der Waals surface area contributed by atoms with E-state index in [1.807, 2.05) is 24.3 Å². The van der Waals surface area contributed by atoms with Crippen molar-refractivity contribution < 1.29 is 8.42 Å². The number of benzene rings is 1. The molecule has 1 atom stereocenters. The maximum Gasteiger partial charge on any atom is 0.150 e. The van der Waals surface area contributed by atoms with E-state index in [9.17, 15) is 8.42 Å². The molecule has 108 valence electrons. The summed E-state index contributed by atoms with van der Waals surface area (Å²) in [7, 11) is -2.87. The maximum atomic E-state index is 11.3. The topological polar surface area (TPSA) is 60.2 Å². The molecule has 1 unspecified atom stereocenters. The molecule has 0 aliphatic carbocycles. The van der Waals surface area contributed by atoms with Crippen molar-refractivity contribution in [3.05, 3.63) is 29.3 Å². The van der Waals surface area contributed by atoms with Gasteiger partial charge in [-0.1, -0.05) is 24.6 Å². The molecular formula is C13H20ClNO2S2. The van der Waals surface area contributed by atoms with E-state index in [-0.39, 0.29) is 17.5 Å². The Hall–Kier alpha value is -0.230. The zero-order valence-corrected chi connectivity index (χ0v) is 13.4. The fourth-order valence-electron chi connectivity index (χ4n) is 1.55. The quantitative estimate of drug-likeness (QED) is 0.748. The molecule has 0 aliphatic heterocycles. The Balaban J connectivity index is 2.27. The van der Waals surface area contributed by atoms with Crippen molar-refractivity contribution in [3.63, 3.8) is 0 Å². The number of sulfone groups is 1. The summed E-state index contributed by atoms with van der Waals surface area (Å²) in [6, 6.07) is 7.65. The van der Waals surface area contributed by atoms with E-state index in [4.69, 9.17) is 17.3 Å². The summed E-state index contributed by atoms with van der Waals surface area (Å²) in [5, 5.41) is 0.715. The minimum atomic E-state index is -2.87. The van der Waals surface area contributed by atoms with Gasteiger partial charge in [0, 0.05) is 27.5 Å². The summed E-state index contributed by atoms with van der Waals surface area (Å²) >= 11 is 7.55. The van der Waals surface area contributed by atoms with Gasteiger partial charge in [0.25, 0.3) is 0 Å². The Morgan fingerprint density at radius 2 is 2.16 bits per heavy atom. The lowest BCUT2D eigenvalue weighted by Crippen LogP contribution is -2.24. The first-order valence-corrected chi connectivity index (χ1v) is 9.46. The largest absolute Gasteiger partial charge is 0.327 e. The first-order valence-electron chi connectivity index (χ1n) is 6.27. The molecule has 1 aromatic carbocycles. The molecule has 0 saturated heterocycles. The van der Waals surface area contributed by atoms with Crippen LogP contribution < -0.4 is 5.73 Å². The second-order valence-corrected chi connectivity index (χ2v) is 8.41. The Bertz CT molecular complexity index is 491. The third-order valence-electron chi connectivity index (χ3n) is 2.73. The second-order valence-electron chi connectivity index (χ2n) is 4.41. The smallest absolute Gasteiger partial charge is 0.150 e. The van der Waals surface area contributed by atoms with E-state index in [1.54, 1.807) is 18.7 Å². The van der Waals surface area contributed by atoms with Crippen LogP contribution in [0, 0.1) is 0 Å². The zero-order chi connectivity index (χ0) is 14.3. The molecule has 0 bridgehead atoms. The lowest BCUT2D eigenvalue weighted by atomic mass is 10.2. The van der Waals surface area contributed by atoms with Crippen LogP contribution in [0.15, 0.2) is 29.2 Å². The van der Waals surface area contributed by atoms with Crippen LogP contribution in [0.1, 0.15) is 19.8 Å². The van der Waals surface area contributed by atoms with Crippen LogP contribution in [0.5, 0.6) is 0 Å². The lowest BCUT2D eigenvalue weighted by molar-refractivity contribution is 0.587. The van der Waals surface area contributed by atoms with E-state index < -0.39 is 9.84 Å². The van der Waals surface area contributed by atoms with Gasteiger partial charge in [0.15, 0.2) is 0 Å². The number of hydrogen-bond acceptors (Lipinski definition) is 4. The molecule has 2 N–H and O–H groups in total. The number of thioether (sulfide) groups is 1. The highest BCUT2D eigenvalue weighted by molar-refractivity contribution is 7.99. The normalized spacial score (nSPS) is 13.4. The van der Waals surface area contributed by atoms with Gasteiger partial charge in [-0.3, -0.25) is 0 Å². The van der Waals surface area contributed by atoms with Crippen molar-refractivity contribution in [3.8, 4) is 0 Å². The van der Waals surface area contributed by atoms with Crippen molar-refractivity contribution in [2.45, 2.75) is 30.7 Å². The summed E-state index contributed by atoms with van der Waals surface area (Å²) in [6.45, 7) is 1.67. The Kier molecular flexibility index (Phi) is 7.21. The highest BCUT2D eigenvalue weighted by Crippen LogP contribution is 2.22. The Morgan fingerprint density at radius 1 is 1.42 bits per heavy atom. The van der Waals surface area contributed by atoms with Gasteiger partial charge in [-0.05, 0) is 31.0 Å². The van der Waals surface area contributed by atoms with E-state index in [2.05, 4.69) is 0 Å². The number of halogens is 1. The third kappa shape index (κ3) is 7.20. The number of hydrogen-bond donors (Lipinski definition) is 1. The summed E-state index contributed by atoms with van der Waals surface area (Å²) in [5.74, 6) is 1.21. The fraction of sp³-hybridized carbons (Fsp3) is 0.538. The van der Waals surface area contributed by atoms with Crippen LogP contribution in [-0.2, 0) is 9.84 Å². The van der Waals surface area contributed by atoms with E-state index in [0.29, 0.717) is 11.4 Å². The van der Waals surface area contributed by atoms with Crippen molar-refractivity contribution >= 4 is 33.2 Å². The first-order chi connectivity index (χ1) is 8.93. The maximum absolute atomic E-state index is 11.3. The standard InChI is InChI=1S/C13H20ClNO2S2/c1-2-19(16,17)8-4-6-12(15)10-18-13-7-3-5-11(14)9-13/h3,5,7,9,12H,2,4,6,8,10,15H2,1H3. The molecule has 0 fully saturated rings. The van der Waals surface area contributed by atoms with Crippen molar-refractivity contribution in [2.24, 2.45) is 5.73 Å². The number of rotatable bonds is 8. The van der Waals surface area contributed by atoms with Crippen LogP contribution in [0.25, 0.3) is 0 Å². The summed E-state index contributed by atoms with van der Waals surface area (Å²) < 4.78 is 22.7. The van der Waals surface area contributed by atoms with E-state index in [0.717, 1.165) is 17.1 Å². The Morgan fingerprint density at radius 3 is 2.79 bits per heavy atom. The van der Waals surface area contributed by atoms with E-state index >= 15 is 0 Å². The van der Waals surface area contributed by atoms with Crippen molar-refractivity contribution in [2.75, 3.05) is 17.3 Å². The number of nitrogens with two attached hydrogens (primary N) is 1. The van der Waals surface area contributed by atoms with Gasteiger partial charge in [0.2, 0.25) is 0 Å². The van der Waals surface area contributed by atoms with Crippen LogP contribution in [0.2, 0.25) is 5.02 Å². The molecule has 0 saturated carbocycles. The van der Waals surface area contributed by atoms with Gasteiger partial charge < -0.3 is 5.73 Å². The predicted molar refractivity (Wildman–Crippen MR) is 83.7 cm³/mol. The lowest BCUT2D eigenvalue weighted by Gasteiger charge is -2.11. The minimum absolute atomic E-state index is 0.0102. The molecule has 0 heterocycles. The van der Waals surface area contributed by atoms with Gasteiger partial charge in [0.1, 0.15) is 9.84 Å². The molecule has 0 amide bonds. The van der Waals surface area contributed by atoms with Crippen molar-refractivity contribution in [1.29, 1.82) is 0 Å². The highest BCUT2D eigenvalue weighted by atomic mass is 35.5. The highest BCUT2D eigenvalue weighted by Gasteiger charge is 2.09. The monoisotopic (exact) mass is 321 g/mol. The molecule has 0 aliphatic rings. The van der Waals surface area contributed by atoms with Crippen LogP contribution in [0.4, 0.5) is 0 Å².